The van der Waals surface area contributed by atoms with Crippen LogP contribution in [0.25, 0.3) is 0 Å². The van der Waals surface area contributed by atoms with E-state index in [0.717, 1.165) is 11.3 Å². The van der Waals surface area contributed by atoms with Crippen LogP contribution in [0.2, 0.25) is 0 Å². The number of anilines is 1. The lowest BCUT2D eigenvalue weighted by Gasteiger charge is -2.20. The molecular formula is C23H21F3N4O2. The third kappa shape index (κ3) is 3.63. The van der Waals surface area contributed by atoms with E-state index >= 15 is 0 Å². The molecule has 1 aliphatic heterocycles. The highest BCUT2D eigenvalue weighted by molar-refractivity contribution is 6.08. The number of benzene rings is 2. The van der Waals surface area contributed by atoms with Crippen LogP contribution in [0.3, 0.4) is 0 Å². The first-order valence-electron chi connectivity index (χ1n) is 9.94. The summed E-state index contributed by atoms with van der Waals surface area (Å²) in [5.74, 6) is -3.87. The predicted octanol–water partition coefficient (Wildman–Crippen LogP) is 3.59. The number of aryl methyl sites for hydroxylation is 1. The average molecular weight is 442 g/mol. The van der Waals surface area contributed by atoms with E-state index in [-0.39, 0.29) is 18.0 Å². The van der Waals surface area contributed by atoms with Crippen molar-refractivity contribution in [3.63, 3.8) is 0 Å². The Morgan fingerprint density at radius 2 is 1.78 bits per heavy atom. The zero-order valence-electron chi connectivity index (χ0n) is 17.7. The van der Waals surface area contributed by atoms with Gasteiger partial charge in [-0.1, -0.05) is 6.07 Å². The topological polar surface area (TPSA) is 67.2 Å². The molecule has 1 aromatic heterocycles. The zero-order chi connectivity index (χ0) is 23.2. The van der Waals surface area contributed by atoms with E-state index in [1.165, 1.54) is 0 Å². The molecule has 2 aromatic carbocycles. The fourth-order valence-corrected chi connectivity index (χ4v) is 3.87. The molecule has 2 amide bonds. The Bertz CT molecular complexity index is 1210. The maximum atomic E-state index is 13.9. The molecule has 1 N–H and O–H groups in total. The van der Waals surface area contributed by atoms with Crippen molar-refractivity contribution >= 4 is 17.5 Å². The number of amides is 2. The van der Waals surface area contributed by atoms with Crippen LogP contribution in [0.15, 0.2) is 42.6 Å². The summed E-state index contributed by atoms with van der Waals surface area (Å²) in [6.45, 7) is 3.47. The van der Waals surface area contributed by atoms with E-state index < -0.39 is 40.9 Å². The number of rotatable bonds is 5. The highest BCUT2D eigenvalue weighted by Gasteiger charge is 2.44. The van der Waals surface area contributed by atoms with Gasteiger partial charge in [0.15, 0.2) is 0 Å². The van der Waals surface area contributed by atoms with E-state index in [0.29, 0.717) is 17.8 Å². The van der Waals surface area contributed by atoms with Crippen LogP contribution in [0.1, 0.15) is 41.0 Å². The Morgan fingerprint density at radius 3 is 2.41 bits per heavy atom. The van der Waals surface area contributed by atoms with Crippen molar-refractivity contribution < 1.29 is 22.8 Å². The van der Waals surface area contributed by atoms with Gasteiger partial charge in [-0.3, -0.25) is 14.3 Å². The number of hydrogen-bond donors (Lipinski definition) is 1. The molecule has 166 valence electrons. The smallest absolute Gasteiger partial charge is 0.251 e. The van der Waals surface area contributed by atoms with Gasteiger partial charge < -0.3 is 10.2 Å². The van der Waals surface area contributed by atoms with Crippen LogP contribution in [0, 0.1) is 17.5 Å². The van der Waals surface area contributed by atoms with Gasteiger partial charge in [-0.05, 0) is 37.6 Å². The SMILES string of the molecule is Cn1nccc1CN1C(=O)C(C)(C)c2ccc(C(=O)NCc3c(F)cc(F)cc3F)cc21. The van der Waals surface area contributed by atoms with Gasteiger partial charge in [-0.2, -0.15) is 5.10 Å². The van der Waals surface area contributed by atoms with E-state index in [1.807, 2.05) is 13.8 Å². The Hall–Kier alpha value is -3.62. The minimum atomic E-state index is -1.08. The summed E-state index contributed by atoms with van der Waals surface area (Å²) in [5.41, 5.74) is 1.20. The molecule has 0 fully saturated rings. The minimum Gasteiger partial charge on any atom is -0.348 e. The average Bonchev–Trinajstić information content (AvgIpc) is 3.21. The van der Waals surface area contributed by atoms with E-state index in [2.05, 4.69) is 10.4 Å². The first-order valence-corrected chi connectivity index (χ1v) is 9.94. The largest absolute Gasteiger partial charge is 0.348 e. The zero-order valence-corrected chi connectivity index (χ0v) is 17.7. The predicted molar refractivity (Wildman–Crippen MR) is 111 cm³/mol. The second kappa shape index (κ2) is 7.81. The summed E-state index contributed by atoms with van der Waals surface area (Å²) < 4.78 is 42.5. The van der Waals surface area contributed by atoms with Crippen molar-refractivity contribution in [2.75, 3.05) is 4.90 Å². The number of nitrogens with one attached hydrogen (secondary N) is 1. The number of halogens is 3. The van der Waals surface area contributed by atoms with Gasteiger partial charge in [-0.15, -0.1) is 0 Å². The lowest BCUT2D eigenvalue weighted by molar-refractivity contribution is -0.122. The van der Waals surface area contributed by atoms with Gasteiger partial charge in [0.2, 0.25) is 5.91 Å². The molecule has 32 heavy (non-hydrogen) atoms. The van der Waals surface area contributed by atoms with Gasteiger partial charge in [0.1, 0.15) is 17.5 Å². The molecule has 0 bridgehead atoms. The van der Waals surface area contributed by atoms with Gasteiger partial charge in [0.25, 0.3) is 5.91 Å². The van der Waals surface area contributed by atoms with E-state index in [9.17, 15) is 22.8 Å². The standard InChI is InChI=1S/C23H21F3N4O2/c1-23(2)17-5-4-13(21(31)27-11-16-18(25)9-14(24)10-19(16)26)8-20(17)30(22(23)32)12-15-6-7-28-29(15)3/h4-10H,11-12H2,1-3H3,(H,27,31). The van der Waals surface area contributed by atoms with Crippen molar-refractivity contribution in [2.24, 2.45) is 7.05 Å². The summed E-state index contributed by atoms with van der Waals surface area (Å²) in [6, 6.07) is 7.79. The Balaban J connectivity index is 1.60. The molecule has 1 aliphatic rings. The highest BCUT2D eigenvalue weighted by atomic mass is 19.1. The molecule has 0 saturated heterocycles. The Labute approximate surface area is 182 Å². The van der Waals surface area contributed by atoms with Crippen molar-refractivity contribution in [1.82, 2.24) is 15.1 Å². The van der Waals surface area contributed by atoms with Crippen LogP contribution in [-0.2, 0) is 30.3 Å². The molecule has 0 spiro atoms. The highest BCUT2D eigenvalue weighted by Crippen LogP contribution is 2.42. The van der Waals surface area contributed by atoms with Crippen LogP contribution in [-0.4, -0.2) is 21.6 Å². The number of fused-ring (bicyclic) bond motifs is 1. The monoisotopic (exact) mass is 442 g/mol. The van der Waals surface area contributed by atoms with Crippen molar-refractivity contribution in [1.29, 1.82) is 0 Å². The summed E-state index contributed by atoms with van der Waals surface area (Å²) in [7, 11) is 1.78. The number of carbonyl (C=O) groups is 2. The third-order valence-electron chi connectivity index (χ3n) is 5.78. The molecule has 0 unspecified atom stereocenters. The molecule has 0 atom stereocenters. The number of hydrogen-bond acceptors (Lipinski definition) is 3. The molecule has 2 heterocycles. The van der Waals surface area contributed by atoms with Crippen LogP contribution >= 0.6 is 0 Å². The van der Waals surface area contributed by atoms with Crippen LogP contribution < -0.4 is 10.2 Å². The molecular weight excluding hydrogens is 421 g/mol. The minimum absolute atomic E-state index is 0.110. The number of carbonyl (C=O) groups excluding carboxylic acids is 2. The summed E-state index contributed by atoms with van der Waals surface area (Å²) in [6.07, 6.45) is 1.64. The lowest BCUT2D eigenvalue weighted by atomic mass is 9.86. The lowest BCUT2D eigenvalue weighted by Crippen LogP contribution is -2.36. The summed E-state index contributed by atoms with van der Waals surface area (Å²) >= 11 is 0. The van der Waals surface area contributed by atoms with Crippen molar-refractivity contribution in [3.05, 3.63) is 82.4 Å². The molecule has 9 heteroatoms. The van der Waals surface area contributed by atoms with Crippen LogP contribution in [0.5, 0.6) is 0 Å². The summed E-state index contributed by atoms with van der Waals surface area (Å²) in [4.78, 5) is 27.4. The molecule has 0 radical (unpaired) electrons. The quantitative estimate of drug-likeness (QED) is 0.657. The van der Waals surface area contributed by atoms with Gasteiger partial charge >= 0.3 is 0 Å². The molecule has 4 rings (SSSR count). The van der Waals surface area contributed by atoms with Crippen LogP contribution in [0.4, 0.5) is 18.9 Å². The molecule has 3 aromatic rings. The van der Waals surface area contributed by atoms with Gasteiger partial charge in [-0.25, -0.2) is 13.2 Å². The second-order valence-corrected chi connectivity index (χ2v) is 8.23. The number of aromatic nitrogens is 2. The van der Waals surface area contributed by atoms with Crippen molar-refractivity contribution in [3.8, 4) is 0 Å². The maximum Gasteiger partial charge on any atom is 0.251 e. The first-order chi connectivity index (χ1) is 15.1. The van der Waals surface area contributed by atoms with E-state index in [4.69, 9.17) is 0 Å². The maximum absolute atomic E-state index is 13.9. The second-order valence-electron chi connectivity index (χ2n) is 8.23. The molecule has 0 saturated carbocycles. The summed E-state index contributed by atoms with van der Waals surface area (Å²) in [5, 5.41) is 6.57. The Kier molecular flexibility index (Phi) is 5.28. The third-order valence-corrected chi connectivity index (χ3v) is 5.78. The molecule has 0 aliphatic carbocycles. The Morgan fingerprint density at radius 1 is 1.09 bits per heavy atom. The van der Waals surface area contributed by atoms with Crippen molar-refractivity contribution in [2.45, 2.75) is 32.4 Å². The normalized spacial score (nSPS) is 14.6. The number of nitrogens with zero attached hydrogens (tertiary/aromatic N) is 3. The fraction of sp³-hybridized carbons (Fsp3) is 0.261. The van der Waals surface area contributed by atoms with Gasteiger partial charge in [0.05, 0.1) is 17.7 Å². The van der Waals surface area contributed by atoms with E-state index in [1.54, 1.807) is 47.1 Å². The van der Waals surface area contributed by atoms with Gasteiger partial charge in [0, 0.05) is 48.7 Å². The first kappa shape index (κ1) is 21.6. The molecule has 6 nitrogen and oxygen atoms in total. The fourth-order valence-electron chi connectivity index (χ4n) is 3.87.